The maximum absolute atomic E-state index is 12.0. The van der Waals surface area contributed by atoms with Gasteiger partial charge in [0, 0.05) is 18.0 Å². The summed E-state index contributed by atoms with van der Waals surface area (Å²) in [5.41, 5.74) is 4.43. The monoisotopic (exact) mass is 309 g/mol. The molecule has 3 rings (SSSR count). The number of carbonyl (C=O) groups is 2. The van der Waals surface area contributed by atoms with Crippen molar-refractivity contribution in [1.82, 2.24) is 5.32 Å². The highest BCUT2D eigenvalue weighted by Gasteiger charge is 2.27. The quantitative estimate of drug-likeness (QED) is 0.877. The minimum Gasteiger partial charge on any atom is -0.481 e. The highest BCUT2D eigenvalue weighted by molar-refractivity contribution is 5.83. The summed E-state index contributed by atoms with van der Waals surface area (Å²) in [6.07, 6.45) is 8.07. The first-order chi connectivity index (χ1) is 11.1. The fourth-order valence-electron chi connectivity index (χ4n) is 3.13. The summed E-state index contributed by atoms with van der Waals surface area (Å²) in [5, 5.41) is 11.6. The molecule has 0 heterocycles. The number of hydrogen-bond donors (Lipinski definition) is 2. The van der Waals surface area contributed by atoms with Crippen LogP contribution in [0.3, 0.4) is 0 Å². The molecule has 2 aliphatic rings. The highest BCUT2D eigenvalue weighted by Crippen LogP contribution is 2.41. The Bertz CT molecular complexity index is 713. The van der Waals surface area contributed by atoms with Crippen LogP contribution in [-0.4, -0.2) is 17.0 Å². The molecule has 0 aromatic heterocycles. The van der Waals surface area contributed by atoms with Crippen molar-refractivity contribution in [3.8, 4) is 0 Å². The van der Waals surface area contributed by atoms with Crippen molar-refractivity contribution in [3.05, 3.63) is 71.0 Å². The van der Waals surface area contributed by atoms with Crippen LogP contribution in [0.5, 0.6) is 0 Å². The normalized spacial score (nSPS) is 19.3. The van der Waals surface area contributed by atoms with E-state index in [9.17, 15) is 9.59 Å². The Hall–Kier alpha value is -2.62. The molecule has 0 spiro atoms. The molecule has 0 fully saturated rings. The Morgan fingerprint density at radius 2 is 1.96 bits per heavy atom. The molecule has 0 saturated heterocycles. The minimum absolute atomic E-state index is 0.00127. The van der Waals surface area contributed by atoms with E-state index in [-0.39, 0.29) is 24.7 Å². The number of allylic oxidation sites excluding steroid dienone is 5. The van der Waals surface area contributed by atoms with Crippen molar-refractivity contribution in [2.75, 3.05) is 0 Å². The van der Waals surface area contributed by atoms with Gasteiger partial charge in [-0.2, -0.15) is 0 Å². The van der Waals surface area contributed by atoms with E-state index in [1.807, 2.05) is 24.3 Å². The summed E-state index contributed by atoms with van der Waals surface area (Å²) in [7, 11) is 0. The van der Waals surface area contributed by atoms with E-state index >= 15 is 0 Å². The van der Waals surface area contributed by atoms with Gasteiger partial charge in [0.25, 0.3) is 0 Å². The van der Waals surface area contributed by atoms with Crippen molar-refractivity contribution in [2.24, 2.45) is 0 Å². The first-order valence-electron chi connectivity index (χ1n) is 7.83. The van der Waals surface area contributed by atoms with Gasteiger partial charge in [-0.25, -0.2) is 0 Å². The number of benzene rings is 1. The second-order valence-corrected chi connectivity index (χ2v) is 5.78. The van der Waals surface area contributed by atoms with Crippen molar-refractivity contribution >= 4 is 11.9 Å². The molecule has 4 heteroatoms. The van der Waals surface area contributed by atoms with Crippen LogP contribution in [-0.2, 0) is 9.59 Å². The molecule has 4 nitrogen and oxygen atoms in total. The molecule has 0 aliphatic heterocycles. The van der Waals surface area contributed by atoms with E-state index in [0.29, 0.717) is 0 Å². The molecule has 2 aliphatic carbocycles. The number of carbonyl (C=O) groups excluding carboxylic acids is 1. The lowest BCUT2D eigenvalue weighted by Crippen LogP contribution is -2.26. The number of aliphatic carboxylic acids is 1. The molecule has 0 bridgehead atoms. The van der Waals surface area contributed by atoms with E-state index in [0.717, 1.165) is 24.1 Å². The molecule has 1 unspecified atom stereocenters. The van der Waals surface area contributed by atoms with Crippen LogP contribution in [0.4, 0.5) is 0 Å². The van der Waals surface area contributed by atoms with Crippen LogP contribution in [0.25, 0.3) is 0 Å². The van der Waals surface area contributed by atoms with Gasteiger partial charge in [-0.15, -0.1) is 0 Å². The summed E-state index contributed by atoms with van der Waals surface area (Å²) in [6, 6.07) is 10.2. The number of nitrogens with one attached hydrogen (secondary N) is 1. The third kappa shape index (κ3) is 3.42. The topological polar surface area (TPSA) is 66.4 Å². The second-order valence-electron chi connectivity index (χ2n) is 5.78. The Morgan fingerprint density at radius 1 is 1.17 bits per heavy atom. The lowest BCUT2D eigenvalue weighted by molar-refractivity contribution is -0.138. The van der Waals surface area contributed by atoms with Crippen LogP contribution in [0, 0.1) is 0 Å². The van der Waals surface area contributed by atoms with Crippen LogP contribution in [0.2, 0.25) is 0 Å². The molecule has 0 saturated carbocycles. The molecule has 1 amide bonds. The summed E-state index contributed by atoms with van der Waals surface area (Å²) >= 11 is 0. The van der Waals surface area contributed by atoms with E-state index < -0.39 is 5.97 Å². The summed E-state index contributed by atoms with van der Waals surface area (Å²) < 4.78 is 0. The largest absolute Gasteiger partial charge is 0.481 e. The van der Waals surface area contributed by atoms with E-state index in [2.05, 4.69) is 29.6 Å². The van der Waals surface area contributed by atoms with E-state index in [1.54, 1.807) is 0 Å². The van der Waals surface area contributed by atoms with Gasteiger partial charge in [0.05, 0.1) is 6.42 Å². The van der Waals surface area contributed by atoms with Gasteiger partial charge >= 0.3 is 5.97 Å². The average molecular weight is 309 g/mol. The third-order valence-corrected chi connectivity index (χ3v) is 4.20. The predicted molar refractivity (Wildman–Crippen MR) is 87.7 cm³/mol. The van der Waals surface area contributed by atoms with Crippen molar-refractivity contribution in [1.29, 1.82) is 0 Å². The smallest absolute Gasteiger partial charge is 0.303 e. The fraction of sp³-hybridized carbons (Fsp3) is 0.263. The summed E-state index contributed by atoms with van der Waals surface area (Å²) in [5.74, 6) is -1.05. The first-order valence-corrected chi connectivity index (χ1v) is 7.83. The summed E-state index contributed by atoms with van der Waals surface area (Å²) in [6.45, 7) is 0. The Balaban J connectivity index is 1.78. The van der Waals surface area contributed by atoms with Gasteiger partial charge in [0.15, 0.2) is 0 Å². The Labute approximate surface area is 135 Å². The third-order valence-electron chi connectivity index (χ3n) is 4.20. The molecular formula is C19H19NO3. The standard InChI is InChI=1S/C19H19NO3/c21-17(11-12-18(22)23)20-16-8-4-7-14-9-10-15(19(14)16)13-5-2-1-3-6-13/h1-3,5-6,8-10,15H,4,7,11-12H2,(H,20,21)(H,22,23). The molecule has 118 valence electrons. The van der Waals surface area contributed by atoms with Crippen molar-refractivity contribution in [2.45, 2.75) is 31.6 Å². The number of amides is 1. The van der Waals surface area contributed by atoms with Gasteiger partial charge in [-0.05, 0) is 29.6 Å². The van der Waals surface area contributed by atoms with Crippen LogP contribution >= 0.6 is 0 Å². The molecule has 2 N–H and O–H groups in total. The van der Waals surface area contributed by atoms with Crippen LogP contribution in [0.1, 0.15) is 37.2 Å². The van der Waals surface area contributed by atoms with Gasteiger partial charge in [0.2, 0.25) is 5.91 Å². The van der Waals surface area contributed by atoms with Crippen molar-refractivity contribution < 1.29 is 14.7 Å². The molecule has 1 atom stereocenters. The highest BCUT2D eigenvalue weighted by atomic mass is 16.4. The van der Waals surface area contributed by atoms with Crippen LogP contribution < -0.4 is 5.32 Å². The van der Waals surface area contributed by atoms with Gasteiger partial charge in [-0.1, -0.05) is 48.6 Å². The molecule has 1 aromatic rings. The van der Waals surface area contributed by atoms with Crippen molar-refractivity contribution in [3.63, 3.8) is 0 Å². The van der Waals surface area contributed by atoms with E-state index in [4.69, 9.17) is 5.11 Å². The van der Waals surface area contributed by atoms with Gasteiger partial charge in [-0.3, -0.25) is 9.59 Å². The molecule has 1 aromatic carbocycles. The SMILES string of the molecule is O=C(O)CCC(=O)NC1=CCCC2=C1C(c1ccccc1)C=C2. The lowest BCUT2D eigenvalue weighted by atomic mass is 9.86. The zero-order chi connectivity index (χ0) is 16.2. The van der Waals surface area contributed by atoms with E-state index in [1.165, 1.54) is 11.1 Å². The fourth-order valence-corrected chi connectivity index (χ4v) is 3.13. The Kier molecular flexibility index (Phi) is 4.42. The van der Waals surface area contributed by atoms with Crippen LogP contribution in [0.15, 0.2) is 65.4 Å². The first kappa shape index (κ1) is 15.3. The zero-order valence-electron chi connectivity index (χ0n) is 12.8. The maximum atomic E-state index is 12.0. The second kappa shape index (κ2) is 6.65. The van der Waals surface area contributed by atoms with Gasteiger partial charge in [0.1, 0.15) is 0 Å². The number of carboxylic acids is 1. The average Bonchev–Trinajstić information content (AvgIpc) is 2.99. The summed E-state index contributed by atoms with van der Waals surface area (Å²) in [4.78, 5) is 22.6. The predicted octanol–water partition coefficient (Wildman–Crippen LogP) is 3.30. The number of hydrogen-bond acceptors (Lipinski definition) is 2. The minimum atomic E-state index is -0.956. The molecular weight excluding hydrogens is 290 g/mol. The molecule has 0 radical (unpaired) electrons. The van der Waals surface area contributed by atoms with Gasteiger partial charge < -0.3 is 10.4 Å². The maximum Gasteiger partial charge on any atom is 0.303 e. The Morgan fingerprint density at radius 3 is 2.70 bits per heavy atom. The molecule has 23 heavy (non-hydrogen) atoms. The zero-order valence-corrected chi connectivity index (χ0v) is 12.8. The number of carboxylic acid groups (broad SMARTS) is 1. The lowest BCUT2D eigenvalue weighted by Gasteiger charge is -2.23. The number of rotatable bonds is 5.